The average molecular weight is 458 g/mol. The second kappa shape index (κ2) is 8.21. The van der Waals surface area contributed by atoms with Crippen LogP contribution in [0.2, 0.25) is 0 Å². The second-order valence-electron chi connectivity index (χ2n) is 9.17. The lowest BCUT2D eigenvalue weighted by Crippen LogP contribution is -2.30. The van der Waals surface area contributed by atoms with Gasteiger partial charge in [0.15, 0.2) is 6.20 Å². The molecule has 0 aliphatic rings. The van der Waals surface area contributed by atoms with Gasteiger partial charge in [-0.15, -0.1) is 0 Å². The minimum absolute atomic E-state index is 0.209. The molecule has 0 fully saturated rings. The topological polar surface area (TPSA) is 8.81 Å². The molecule has 2 nitrogen and oxygen atoms in total. The van der Waals surface area contributed by atoms with Crippen LogP contribution >= 0.6 is 0 Å². The van der Waals surface area contributed by atoms with Gasteiger partial charge in [0.05, 0.1) is 16.6 Å². The molecular weight excluding hydrogens is 431 g/mol. The molecule has 4 aromatic carbocycles. The molecule has 0 saturated heterocycles. The highest BCUT2D eigenvalue weighted by Gasteiger charge is 2.23. The van der Waals surface area contributed by atoms with Gasteiger partial charge in [-0.05, 0) is 47.4 Å². The summed E-state index contributed by atoms with van der Waals surface area (Å²) in [5, 5.41) is 2.19. The van der Waals surface area contributed by atoms with Crippen molar-refractivity contribution in [1.82, 2.24) is 4.57 Å². The number of halogens is 1. The molecular formula is C32H26FN2+. The summed E-state index contributed by atoms with van der Waals surface area (Å²) in [7, 11) is 4.12. The molecule has 0 amide bonds. The molecule has 0 saturated carbocycles. The number of benzene rings is 4. The first kappa shape index (κ1) is 21.3. The SMILES string of the molecule is Cc1ccc2c3ccc(F)c(-c4ccc(-c5ccccc5)cc4)c3n(C)c2c1-c1cccc[n+]1C. The monoisotopic (exact) mass is 457 g/mol. The minimum atomic E-state index is -0.209. The minimum Gasteiger partial charge on any atom is -0.342 e. The molecule has 0 radical (unpaired) electrons. The van der Waals surface area contributed by atoms with Crippen LogP contribution in [0.25, 0.3) is 55.3 Å². The molecule has 0 aliphatic carbocycles. The Morgan fingerprint density at radius 1 is 0.629 bits per heavy atom. The van der Waals surface area contributed by atoms with E-state index in [1.165, 1.54) is 11.1 Å². The van der Waals surface area contributed by atoms with Crippen LogP contribution < -0.4 is 4.57 Å². The Kier molecular flexibility index (Phi) is 5.00. The zero-order valence-corrected chi connectivity index (χ0v) is 20.1. The second-order valence-corrected chi connectivity index (χ2v) is 9.17. The Labute approximate surface area is 204 Å². The molecule has 0 spiro atoms. The van der Waals surface area contributed by atoms with Gasteiger partial charge in [0, 0.05) is 35.5 Å². The summed E-state index contributed by atoms with van der Waals surface area (Å²) >= 11 is 0. The Morgan fingerprint density at radius 2 is 1.23 bits per heavy atom. The van der Waals surface area contributed by atoms with E-state index in [2.05, 4.69) is 84.9 Å². The van der Waals surface area contributed by atoms with E-state index in [1.54, 1.807) is 6.07 Å². The van der Waals surface area contributed by atoms with Crippen molar-refractivity contribution in [1.29, 1.82) is 0 Å². The normalized spacial score (nSPS) is 11.4. The molecule has 0 aliphatic heterocycles. The van der Waals surface area contributed by atoms with Gasteiger partial charge < -0.3 is 4.57 Å². The quantitative estimate of drug-likeness (QED) is 0.242. The number of fused-ring (bicyclic) bond motifs is 3. The fourth-order valence-corrected chi connectivity index (χ4v) is 5.34. The van der Waals surface area contributed by atoms with Gasteiger partial charge >= 0.3 is 0 Å². The summed E-state index contributed by atoms with van der Waals surface area (Å²) in [6, 6.07) is 32.6. The number of hydrogen-bond acceptors (Lipinski definition) is 0. The number of rotatable bonds is 3. The van der Waals surface area contributed by atoms with Crippen LogP contribution in [0, 0.1) is 12.7 Å². The third-order valence-electron chi connectivity index (χ3n) is 7.07. The van der Waals surface area contributed by atoms with Crippen molar-refractivity contribution >= 4 is 21.8 Å². The van der Waals surface area contributed by atoms with Crippen molar-refractivity contribution in [3.63, 3.8) is 0 Å². The van der Waals surface area contributed by atoms with E-state index in [0.29, 0.717) is 5.56 Å². The smallest absolute Gasteiger partial charge is 0.214 e. The highest BCUT2D eigenvalue weighted by Crippen LogP contribution is 2.41. The van der Waals surface area contributed by atoms with Gasteiger partial charge in [-0.25, -0.2) is 8.96 Å². The van der Waals surface area contributed by atoms with Gasteiger partial charge in [0.25, 0.3) is 0 Å². The van der Waals surface area contributed by atoms with E-state index in [-0.39, 0.29) is 5.82 Å². The standard InChI is InChI=1S/C32H26FN2/c1-21-12-17-25-26-18-19-27(33)30(24-15-13-23(14-16-24)22-9-5-4-6-10-22)32(26)35(3)31(25)29(21)28-11-7-8-20-34(28)2/h4-20H,1-3H3/q+1. The van der Waals surface area contributed by atoms with Gasteiger partial charge in [0.1, 0.15) is 12.9 Å². The molecule has 6 rings (SSSR count). The van der Waals surface area contributed by atoms with E-state index in [0.717, 1.165) is 44.2 Å². The van der Waals surface area contributed by atoms with E-state index < -0.39 is 0 Å². The van der Waals surface area contributed by atoms with Crippen LogP contribution in [0.4, 0.5) is 4.39 Å². The Balaban J connectivity index is 1.63. The van der Waals surface area contributed by atoms with E-state index in [4.69, 9.17) is 0 Å². The molecule has 0 atom stereocenters. The third kappa shape index (κ3) is 3.35. The average Bonchev–Trinajstić information content (AvgIpc) is 3.17. The molecule has 0 N–H and O–H groups in total. The van der Waals surface area contributed by atoms with Crippen molar-refractivity contribution < 1.29 is 8.96 Å². The Bertz CT molecular complexity index is 1710. The maximum atomic E-state index is 15.5. The van der Waals surface area contributed by atoms with E-state index >= 15 is 4.39 Å². The number of pyridine rings is 1. The Hall–Kier alpha value is -4.24. The van der Waals surface area contributed by atoms with Crippen molar-refractivity contribution in [2.75, 3.05) is 0 Å². The van der Waals surface area contributed by atoms with Crippen molar-refractivity contribution in [3.8, 4) is 33.5 Å². The van der Waals surface area contributed by atoms with Crippen molar-refractivity contribution in [3.05, 3.63) is 115 Å². The molecule has 35 heavy (non-hydrogen) atoms. The summed E-state index contributed by atoms with van der Waals surface area (Å²) in [6.07, 6.45) is 2.07. The number of hydrogen-bond donors (Lipinski definition) is 0. The maximum Gasteiger partial charge on any atom is 0.214 e. The van der Waals surface area contributed by atoms with Crippen LogP contribution in [0.3, 0.4) is 0 Å². The van der Waals surface area contributed by atoms with Crippen LogP contribution in [0.5, 0.6) is 0 Å². The fourth-order valence-electron chi connectivity index (χ4n) is 5.34. The maximum absolute atomic E-state index is 15.5. The van der Waals surface area contributed by atoms with Crippen LogP contribution in [0.15, 0.2) is 103 Å². The van der Waals surface area contributed by atoms with E-state index in [9.17, 15) is 0 Å². The third-order valence-corrected chi connectivity index (χ3v) is 7.07. The molecule has 6 aromatic rings. The lowest BCUT2D eigenvalue weighted by atomic mass is 9.97. The van der Waals surface area contributed by atoms with Gasteiger partial charge in [-0.2, -0.15) is 0 Å². The number of nitrogens with zero attached hydrogens (tertiary/aromatic N) is 2. The summed E-state index contributed by atoms with van der Waals surface area (Å²) < 4.78 is 19.8. The van der Waals surface area contributed by atoms with Crippen molar-refractivity contribution in [2.45, 2.75) is 6.92 Å². The van der Waals surface area contributed by atoms with Crippen LogP contribution in [0.1, 0.15) is 5.56 Å². The summed E-state index contributed by atoms with van der Waals surface area (Å²) in [5.74, 6) is -0.209. The van der Waals surface area contributed by atoms with Crippen LogP contribution in [-0.4, -0.2) is 4.57 Å². The predicted molar refractivity (Wildman–Crippen MR) is 143 cm³/mol. The highest BCUT2D eigenvalue weighted by atomic mass is 19.1. The molecule has 170 valence electrons. The van der Waals surface area contributed by atoms with Gasteiger partial charge in [-0.3, -0.25) is 0 Å². The molecule has 0 unspecified atom stereocenters. The highest BCUT2D eigenvalue weighted by molar-refractivity contribution is 6.16. The first-order valence-electron chi connectivity index (χ1n) is 11.9. The fraction of sp³-hybridized carbons (Fsp3) is 0.0938. The van der Waals surface area contributed by atoms with Crippen LogP contribution in [-0.2, 0) is 14.1 Å². The number of aryl methyl sites for hydroxylation is 3. The summed E-state index contributed by atoms with van der Waals surface area (Å²) in [4.78, 5) is 0. The first-order chi connectivity index (χ1) is 17.0. The molecule has 0 bridgehead atoms. The molecule has 2 aromatic heterocycles. The lowest BCUT2D eigenvalue weighted by Gasteiger charge is -2.11. The lowest BCUT2D eigenvalue weighted by molar-refractivity contribution is -0.660. The Morgan fingerprint density at radius 3 is 1.94 bits per heavy atom. The summed E-state index contributed by atoms with van der Waals surface area (Å²) in [5.41, 5.74) is 9.33. The van der Waals surface area contributed by atoms with Crippen molar-refractivity contribution in [2.24, 2.45) is 14.1 Å². The zero-order chi connectivity index (χ0) is 24.1. The van der Waals surface area contributed by atoms with Gasteiger partial charge in [-0.1, -0.05) is 66.7 Å². The van der Waals surface area contributed by atoms with E-state index in [1.807, 2.05) is 42.5 Å². The first-order valence-corrected chi connectivity index (χ1v) is 11.9. The molecule has 2 heterocycles. The summed E-state index contributed by atoms with van der Waals surface area (Å²) in [6.45, 7) is 2.14. The number of aromatic nitrogens is 2. The largest absolute Gasteiger partial charge is 0.342 e. The zero-order valence-electron chi connectivity index (χ0n) is 20.1. The molecule has 3 heteroatoms. The van der Waals surface area contributed by atoms with Gasteiger partial charge in [0.2, 0.25) is 5.69 Å². The predicted octanol–water partition coefficient (Wildman–Crippen LogP) is 7.60.